The zero-order valence-electron chi connectivity index (χ0n) is 17.9. The molecule has 3 aromatic rings. The maximum atomic E-state index is 13.4. The maximum Gasteiger partial charge on any atom is 0.343 e. The van der Waals surface area contributed by atoms with E-state index in [4.69, 9.17) is 16.3 Å². The number of carbonyl (C=O) groups excluding carboxylic acids is 3. The number of benzene rings is 3. The molecule has 7 heteroatoms. The molecule has 0 bridgehead atoms. The molecule has 1 saturated heterocycles. The van der Waals surface area contributed by atoms with Crippen LogP contribution < -0.4 is 14.5 Å². The molecule has 1 aliphatic rings. The summed E-state index contributed by atoms with van der Waals surface area (Å²) in [6.45, 7) is 2.52. The van der Waals surface area contributed by atoms with Crippen LogP contribution in [0.15, 0.2) is 84.4 Å². The van der Waals surface area contributed by atoms with Crippen molar-refractivity contribution in [3.8, 4) is 5.75 Å². The summed E-state index contributed by atoms with van der Waals surface area (Å²) in [5, 5.41) is 0.365. The number of imide groups is 2. The summed E-state index contributed by atoms with van der Waals surface area (Å²) in [7, 11) is 0. The van der Waals surface area contributed by atoms with Crippen LogP contribution >= 0.6 is 11.6 Å². The number of para-hydroxylation sites is 2. The highest BCUT2D eigenvalue weighted by molar-refractivity contribution is 6.46. The first-order chi connectivity index (χ1) is 16.0. The molecule has 33 heavy (non-hydrogen) atoms. The van der Waals surface area contributed by atoms with Crippen LogP contribution in [0, 0.1) is 0 Å². The van der Waals surface area contributed by atoms with E-state index in [1.807, 2.05) is 6.92 Å². The second-order valence-electron chi connectivity index (χ2n) is 7.33. The molecular weight excluding hydrogens is 440 g/mol. The van der Waals surface area contributed by atoms with E-state index in [-0.39, 0.29) is 5.57 Å². The largest absolute Gasteiger partial charge is 0.492 e. The van der Waals surface area contributed by atoms with Gasteiger partial charge < -0.3 is 4.74 Å². The van der Waals surface area contributed by atoms with Crippen LogP contribution in [0.3, 0.4) is 0 Å². The van der Waals surface area contributed by atoms with Gasteiger partial charge in [-0.25, -0.2) is 14.6 Å². The Morgan fingerprint density at radius 2 is 1.36 bits per heavy atom. The Labute approximate surface area is 196 Å². The average Bonchev–Trinajstić information content (AvgIpc) is 2.83. The number of urea groups is 1. The van der Waals surface area contributed by atoms with Crippen molar-refractivity contribution in [2.24, 2.45) is 0 Å². The Hall–Kier alpha value is -3.90. The zero-order chi connectivity index (χ0) is 23.4. The van der Waals surface area contributed by atoms with E-state index in [2.05, 4.69) is 0 Å². The first-order valence-corrected chi connectivity index (χ1v) is 10.9. The minimum atomic E-state index is -0.735. The molecule has 0 unspecified atom stereocenters. The van der Waals surface area contributed by atoms with Gasteiger partial charge in [0.1, 0.15) is 11.3 Å². The molecule has 0 atom stereocenters. The molecule has 3 aromatic carbocycles. The molecule has 0 aromatic heterocycles. The smallest absolute Gasteiger partial charge is 0.343 e. The number of carbonyl (C=O) groups is 3. The van der Waals surface area contributed by atoms with Crippen molar-refractivity contribution in [3.63, 3.8) is 0 Å². The van der Waals surface area contributed by atoms with Gasteiger partial charge in [-0.3, -0.25) is 9.59 Å². The molecule has 0 spiro atoms. The fraction of sp³-hybridized carbons (Fsp3) is 0.115. The maximum absolute atomic E-state index is 13.4. The molecule has 0 N–H and O–H groups in total. The number of barbiturate groups is 1. The Kier molecular flexibility index (Phi) is 6.56. The van der Waals surface area contributed by atoms with Crippen molar-refractivity contribution >= 4 is 46.9 Å². The number of hydrogen-bond donors (Lipinski definition) is 0. The predicted molar refractivity (Wildman–Crippen MR) is 128 cm³/mol. The van der Waals surface area contributed by atoms with Gasteiger partial charge in [-0.1, -0.05) is 61.0 Å². The second-order valence-corrected chi connectivity index (χ2v) is 7.74. The van der Waals surface area contributed by atoms with Gasteiger partial charge in [0.15, 0.2) is 0 Å². The van der Waals surface area contributed by atoms with Gasteiger partial charge in [-0.2, -0.15) is 0 Å². The third-order valence-electron chi connectivity index (χ3n) is 5.01. The minimum Gasteiger partial charge on any atom is -0.492 e. The summed E-state index contributed by atoms with van der Waals surface area (Å²) in [4.78, 5) is 42.0. The molecule has 1 heterocycles. The molecule has 4 rings (SSSR count). The molecule has 4 amide bonds. The van der Waals surface area contributed by atoms with E-state index in [9.17, 15) is 14.4 Å². The van der Waals surface area contributed by atoms with Gasteiger partial charge in [-0.15, -0.1) is 0 Å². The fourth-order valence-electron chi connectivity index (χ4n) is 3.44. The lowest BCUT2D eigenvalue weighted by molar-refractivity contribution is -0.121. The second kappa shape index (κ2) is 9.71. The quantitative estimate of drug-likeness (QED) is 0.349. The van der Waals surface area contributed by atoms with Gasteiger partial charge in [0, 0.05) is 0 Å². The van der Waals surface area contributed by atoms with Gasteiger partial charge in [0.2, 0.25) is 0 Å². The first kappa shape index (κ1) is 22.3. The molecule has 166 valence electrons. The van der Waals surface area contributed by atoms with E-state index in [1.165, 1.54) is 6.08 Å². The Morgan fingerprint density at radius 3 is 1.85 bits per heavy atom. The van der Waals surface area contributed by atoms with Crippen molar-refractivity contribution < 1.29 is 19.1 Å². The van der Waals surface area contributed by atoms with E-state index in [1.54, 1.807) is 78.9 Å². The first-order valence-electron chi connectivity index (χ1n) is 10.5. The summed E-state index contributed by atoms with van der Waals surface area (Å²) < 4.78 is 5.59. The third kappa shape index (κ3) is 4.52. The lowest BCUT2D eigenvalue weighted by Gasteiger charge is -2.33. The van der Waals surface area contributed by atoms with Crippen LogP contribution in [0.25, 0.3) is 6.08 Å². The molecular formula is C26H21ClN2O4. The highest BCUT2D eigenvalue weighted by Crippen LogP contribution is 2.31. The van der Waals surface area contributed by atoms with Crippen LogP contribution in [0.2, 0.25) is 5.02 Å². The number of ether oxygens (including phenoxy) is 1. The van der Waals surface area contributed by atoms with Crippen molar-refractivity contribution in [2.45, 2.75) is 13.3 Å². The van der Waals surface area contributed by atoms with Crippen molar-refractivity contribution in [1.82, 2.24) is 0 Å². The lowest BCUT2D eigenvalue weighted by Crippen LogP contribution is -2.57. The number of halogens is 1. The molecule has 6 nitrogen and oxygen atoms in total. The van der Waals surface area contributed by atoms with E-state index >= 15 is 0 Å². The predicted octanol–water partition coefficient (Wildman–Crippen LogP) is 5.71. The van der Waals surface area contributed by atoms with E-state index in [0.717, 1.165) is 16.2 Å². The third-order valence-corrected chi connectivity index (χ3v) is 5.30. The number of nitrogens with zero attached hydrogens (tertiary/aromatic N) is 2. The Morgan fingerprint density at radius 1 is 0.818 bits per heavy atom. The van der Waals surface area contributed by atoms with E-state index in [0.29, 0.717) is 34.3 Å². The van der Waals surface area contributed by atoms with Crippen LogP contribution in [-0.4, -0.2) is 24.5 Å². The summed E-state index contributed by atoms with van der Waals surface area (Å²) in [5.41, 5.74) is 1.12. The molecule has 0 aliphatic carbocycles. The summed E-state index contributed by atoms with van der Waals surface area (Å²) >= 11 is 6.33. The van der Waals surface area contributed by atoms with Gasteiger partial charge in [-0.05, 0) is 54.5 Å². The van der Waals surface area contributed by atoms with Crippen LogP contribution in [0.4, 0.5) is 16.2 Å². The minimum absolute atomic E-state index is 0.152. The van der Waals surface area contributed by atoms with Crippen molar-refractivity contribution in [3.05, 3.63) is 95.0 Å². The molecule has 1 aliphatic heterocycles. The highest BCUT2D eigenvalue weighted by Gasteiger charge is 2.43. The monoisotopic (exact) mass is 460 g/mol. The number of anilines is 2. The summed E-state index contributed by atoms with van der Waals surface area (Å²) in [6, 6.07) is 21.3. The molecule has 0 radical (unpaired) electrons. The molecule has 0 saturated carbocycles. The normalized spacial score (nSPS) is 14.0. The SMILES string of the molecule is CCCOc1ccc(C=C2C(=O)N(c3ccccc3)C(=O)N(c3ccccc3)C2=O)cc1Cl. The number of rotatable bonds is 6. The van der Waals surface area contributed by atoms with Crippen LogP contribution in [0.1, 0.15) is 18.9 Å². The summed E-state index contributed by atoms with van der Waals surface area (Å²) in [5.74, 6) is -0.884. The summed E-state index contributed by atoms with van der Waals surface area (Å²) in [6.07, 6.45) is 2.28. The lowest BCUT2D eigenvalue weighted by atomic mass is 10.0. The van der Waals surface area contributed by atoms with Crippen molar-refractivity contribution in [2.75, 3.05) is 16.4 Å². The van der Waals surface area contributed by atoms with Gasteiger partial charge >= 0.3 is 6.03 Å². The van der Waals surface area contributed by atoms with Gasteiger partial charge in [0.25, 0.3) is 11.8 Å². The number of hydrogen-bond acceptors (Lipinski definition) is 4. The fourth-order valence-corrected chi connectivity index (χ4v) is 3.69. The zero-order valence-corrected chi connectivity index (χ0v) is 18.7. The molecule has 1 fully saturated rings. The van der Waals surface area contributed by atoms with Gasteiger partial charge in [0.05, 0.1) is 23.0 Å². The Balaban J connectivity index is 1.79. The van der Waals surface area contributed by atoms with Crippen LogP contribution in [0.5, 0.6) is 5.75 Å². The number of amides is 4. The van der Waals surface area contributed by atoms with E-state index < -0.39 is 17.8 Å². The van der Waals surface area contributed by atoms with Crippen molar-refractivity contribution in [1.29, 1.82) is 0 Å². The highest BCUT2D eigenvalue weighted by atomic mass is 35.5. The topological polar surface area (TPSA) is 66.9 Å². The average molecular weight is 461 g/mol. The Bertz CT molecular complexity index is 1160. The van der Waals surface area contributed by atoms with Crippen LogP contribution in [-0.2, 0) is 9.59 Å². The standard InChI is InChI=1S/C26H21ClN2O4/c1-2-15-33-23-14-13-18(17-22(23)27)16-21-24(30)28(19-9-5-3-6-10-19)26(32)29(25(21)31)20-11-7-4-8-12-20/h3-14,16-17H,2,15H2,1H3.